The Kier molecular flexibility index (Phi) is 8.59. The number of nitrogens with zero attached hydrogens (tertiary/aromatic N) is 1. The number of benzene rings is 1. The van der Waals surface area contributed by atoms with Crippen molar-refractivity contribution in [1.82, 2.24) is 15.5 Å². The molecule has 1 heterocycles. The number of carbonyl (C=O) groups is 1. The number of amides is 1. The maximum atomic E-state index is 11.6. The lowest BCUT2D eigenvalue weighted by molar-refractivity contribution is -0.120. The van der Waals surface area contributed by atoms with Gasteiger partial charge < -0.3 is 10.6 Å². The molecule has 1 aromatic carbocycles. The minimum Gasteiger partial charge on any atom is -0.351 e. The van der Waals surface area contributed by atoms with Crippen LogP contribution in [0.5, 0.6) is 0 Å². The van der Waals surface area contributed by atoms with Gasteiger partial charge in [0.05, 0.1) is 6.54 Å². The Labute approximate surface area is 146 Å². The van der Waals surface area contributed by atoms with Crippen LogP contribution >= 0.6 is 12.4 Å². The molecule has 0 aliphatic carbocycles. The van der Waals surface area contributed by atoms with Crippen LogP contribution in [-0.4, -0.2) is 37.5 Å². The zero-order valence-electron chi connectivity index (χ0n) is 14.5. The molecule has 130 valence electrons. The minimum absolute atomic E-state index is 0. The van der Waals surface area contributed by atoms with E-state index in [0.29, 0.717) is 13.1 Å². The van der Waals surface area contributed by atoms with Gasteiger partial charge in [-0.25, -0.2) is 0 Å². The van der Waals surface area contributed by atoms with Crippen molar-refractivity contribution in [3.8, 4) is 0 Å². The molecule has 1 saturated heterocycles. The molecule has 1 amide bonds. The van der Waals surface area contributed by atoms with E-state index in [9.17, 15) is 4.79 Å². The molecule has 1 aliphatic rings. The van der Waals surface area contributed by atoms with Crippen LogP contribution in [0.1, 0.15) is 31.4 Å². The average Bonchev–Trinajstić information content (AvgIpc) is 2.45. The molecule has 5 heteroatoms. The first-order valence-electron chi connectivity index (χ1n) is 8.29. The molecule has 0 radical (unpaired) electrons. The number of hydrogen-bond donors (Lipinski definition) is 2. The monoisotopic (exact) mass is 339 g/mol. The Morgan fingerprint density at radius 1 is 1.17 bits per heavy atom. The summed E-state index contributed by atoms with van der Waals surface area (Å²) in [6, 6.07) is 8.44. The molecule has 0 bridgehead atoms. The third-order valence-electron chi connectivity index (χ3n) is 4.27. The van der Waals surface area contributed by atoms with Crippen LogP contribution in [0.3, 0.4) is 0 Å². The zero-order valence-corrected chi connectivity index (χ0v) is 15.3. The summed E-state index contributed by atoms with van der Waals surface area (Å²) in [6.07, 6.45) is 1.33. The van der Waals surface area contributed by atoms with Crippen molar-refractivity contribution in [2.24, 2.45) is 11.8 Å². The maximum absolute atomic E-state index is 11.6. The second-order valence-corrected chi connectivity index (χ2v) is 6.72. The predicted octanol–water partition coefficient (Wildman–Crippen LogP) is 2.42. The van der Waals surface area contributed by atoms with E-state index in [1.165, 1.54) is 30.6 Å². The van der Waals surface area contributed by atoms with Crippen LogP contribution in [0.25, 0.3) is 0 Å². The van der Waals surface area contributed by atoms with Gasteiger partial charge in [0, 0.05) is 26.2 Å². The fourth-order valence-electron chi connectivity index (χ4n) is 3.46. The van der Waals surface area contributed by atoms with E-state index in [2.05, 4.69) is 47.6 Å². The first-order valence-corrected chi connectivity index (χ1v) is 8.29. The van der Waals surface area contributed by atoms with Crippen LogP contribution in [0.15, 0.2) is 24.3 Å². The van der Waals surface area contributed by atoms with Gasteiger partial charge in [0.25, 0.3) is 0 Å². The van der Waals surface area contributed by atoms with E-state index < -0.39 is 0 Å². The Morgan fingerprint density at radius 2 is 1.78 bits per heavy atom. The van der Waals surface area contributed by atoms with Crippen LogP contribution in [0.4, 0.5) is 0 Å². The summed E-state index contributed by atoms with van der Waals surface area (Å²) in [4.78, 5) is 14.2. The van der Waals surface area contributed by atoms with E-state index in [0.717, 1.165) is 18.4 Å². The van der Waals surface area contributed by atoms with Crippen molar-refractivity contribution < 1.29 is 4.79 Å². The molecule has 2 N–H and O–H groups in total. The summed E-state index contributed by atoms with van der Waals surface area (Å²) in [5.74, 6) is 1.58. The molecular formula is C18H30ClN3O. The van der Waals surface area contributed by atoms with Gasteiger partial charge in [0.1, 0.15) is 0 Å². The normalized spacial score (nSPS) is 21.5. The lowest BCUT2D eigenvalue weighted by Crippen LogP contribution is -2.38. The first kappa shape index (κ1) is 19.9. The molecule has 1 fully saturated rings. The van der Waals surface area contributed by atoms with Crippen LogP contribution in [0, 0.1) is 11.8 Å². The van der Waals surface area contributed by atoms with Gasteiger partial charge in [-0.05, 0) is 36.4 Å². The SMILES string of the molecule is CNCC(=O)NCc1ccccc1CN1CC(C)CC(C)C1.Cl. The van der Waals surface area contributed by atoms with Gasteiger partial charge in [-0.3, -0.25) is 9.69 Å². The van der Waals surface area contributed by atoms with Crippen molar-refractivity contribution in [2.75, 3.05) is 26.7 Å². The fourth-order valence-corrected chi connectivity index (χ4v) is 3.46. The molecule has 2 unspecified atom stereocenters. The van der Waals surface area contributed by atoms with Gasteiger partial charge >= 0.3 is 0 Å². The third-order valence-corrected chi connectivity index (χ3v) is 4.27. The molecule has 4 nitrogen and oxygen atoms in total. The fraction of sp³-hybridized carbons (Fsp3) is 0.611. The summed E-state index contributed by atoms with van der Waals surface area (Å²) < 4.78 is 0. The number of rotatable bonds is 6. The van der Waals surface area contributed by atoms with Crippen molar-refractivity contribution >= 4 is 18.3 Å². The Hall–Kier alpha value is -1.10. The Bertz CT molecular complexity index is 485. The van der Waals surface area contributed by atoms with E-state index in [1.807, 2.05) is 6.07 Å². The first-order chi connectivity index (χ1) is 10.6. The molecule has 0 saturated carbocycles. The topological polar surface area (TPSA) is 44.4 Å². The number of likely N-dealkylation sites (N-methyl/N-ethyl adjacent to an activating group) is 1. The molecule has 0 spiro atoms. The van der Waals surface area contributed by atoms with Gasteiger partial charge in [-0.2, -0.15) is 0 Å². The largest absolute Gasteiger partial charge is 0.351 e. The summed E-state index contributed by atoms with van der Waals surface area (Å²) in [6.45, 7) is 8.97. The average molecular weight is 340 g/mol. The van der Waals surface area contributed by atoms with Crippen molar-refractivity contribution in [1.29, 1.82) is 0 Å². The molecule has 1 aliphatic heterocycles. The van der Waals surface area contributed by atoms with E-state index in [-0.39, 0.29) is 18.3 Å². The number of hydrogen-bond acceptors (Lipinski definition) is 3. The van der Waals surface area contributed by atoms with Crippen LogP contribution in [0.2, 0.25) is 0 Å². The number of piperidine rings is 1. The van der Waals surface area contributed by atoms with Crippen LogP contribution < -0.4 is 10.6 Å². The highest BCUT2D eigenvalue weighted by atomic mass is 35.5. The Balaban J connectivity index is 0.00000264. The van der Waals surface area contributed by atoms with Gasteiger partial charge in [-0.1, -0.05) is 38.1 Å². The predicted molar refractivity (Wildman–Crippen MR) is 97.7 cm³/mol. The zero-order chi connectivity index (χ0) is 15.9. The summed E-state index contributed by atoms with van der Waals surface area (Å²) in [7, 11) is 1.78. The highest BCUT2D eigenvalue weighted by Crippen LogP contribution is 2.23. The van der Waals surface area contributed by atoms with E-state index in [4.69, 9.17) is 0 Å². The summed E-state index contributed by atoms with van der Waals surface area (Å²) in [5.41, 5.74) is 2.55. The maximum Gasteiger partial charge on any atom is 0.234 e. The van der Waals surface area contributed by atoms with Gasteiger partial charge in [0.2, 0.25) is 5.91 Å². The minimum atomic E-state index is 0. The van der Waals surface area contributed by atoms with Crippen molar-refractivity contribution in [2.45, 2.75) is 33.4 Å². The van der Waals surface area contributed by atoms with E-state index in [1.54, 1.807) is 7.05 Å². The van der Waals surface area contributed by atoms with E-state index >= 15 is 0 Å². The summed E-state index contributed by atoms with van der Waals surface area (Å²) in [5, 5.41) is 5.85. The number of halogens is 1. The molecule has 2 rings (SSSR count). The smallest absolute Gasteiger partial charge is 0.234 e. The number of nitrogens with one attached hydrogen (secondary N) is 2. The van der Waals surface area contributed by atoms with Gasteiger partial charge in [0.15, 0.2) is 0 Å². The Morgan fingerprint density at radius 3 is 2.39 bits per heavy atom. The molecule has 1 aromatic rings. The molecule has 2 atom stereocenters. The van der Waals surface area contributed by atoms with Crippen LogP contribution in [-0.2, 0) is 17.9 Å². The molecule has 23 heavy (non-hydrogen) atoms. The molecular weight excluding hydrogens is 310 g/mol. The summed E-state index contributed by atoms with van der Waals surface area (Å²) >= 11 is 0. The molecule has 0 aromatic heterocycles. The number of carbonyl (C=O) groups excluding carboxylic acids is 1. The number of likely N-dealkylation sites (tertiary alicyclic amines) is 1. The lowest BCUT2D eigenvalue weighted by atomic mass is 9.91. The quantitative estimate of drug-likeness (QED) is 0.836. The highest BCUT2D eigenvalue weighted by molar-refractivity contribution is 5.85. The third kappa shape index (κ3) is 6.50. The van der Waals surface area contributed by atoms with Crippen molar-refractivity contribution in [3.05, 3.63) is 35.4 Å². The van der Waals surface area contributed by atoms with Gasteiger partial charge in [-0.15, -0.1) is 12.4 Å². The second kappa shape index (κ2) is 9.91. The highest BCUT2D eigenvalue weighted by Gasteiger charge is 2.22. The standard InChI is InChI=1S/C18H29N3O.ClH/c1-14-8-15(2)12-21(11-14)13-17-7-5-4-6-16(17)9-20-18(22)10-19-3;/h4-7,14-15,19H,8-13H2,1-3H3,(H,20,22);1H. The van der Waals surface area contributed by atoms with Crippen molar-refractivity contribution in [3.63, 3.8) is 0 Å². The second-order valence-electron chi connectivity index (χ2n) is 6.72. The lowest BCUT2D eigenvalue weighted by Gasteiger charge is -2.35.